The second-order valence-electron chi connectivity index (χ2n) is 5.10. The van der Waals surface area contributed by atoms with E-state index in [2.05, 4.69) is 15.5 Å². The lowest BCUT2D eigenvalue weighted by molar-refractivity contribution is -0.129. The summed E-state index contributed by atoms with van der Waals surface area (Å²) in [6, 6.07) is 0. The predicted octanol–water partition coefficient (Wildman–Crippen LogP) is 2.46. The number of carbonyl (C=O) groups excluding carboxylic acids is 1. The van der Waals surface area contributed by atoms with E-state index in [-0.39, 0.29) is 5.91 Å². The highest BCUT2D eigenvalue weighted by atomic mass is 35.5. The Kier molecular flexibility index (Phi) is 4.58. The molecule has 2 aromatic rings. The average Bonchev–Trinajstić information content (AvgIpc) is 3.02. The molecule has 8 heteroatoms. The van der Waals surface area contributed by atoms with Crippen molar-refractivity contribution < 1.29 is 4.79 Å². The van der Waals surface area contributed by atoms with E-state index in [1.165, 1.54) is 10.9 Å². The maximum absolute atomic E-state index is 12.4. The van der Waals surface area contributed by atoms with Gasteiger partial charge in [-0.2, -0.15) is 10.2 Å². The molecule has 2 rings (SSSR count). The Balaban J connectivity index is 2.09. The molecule has 0 aliphatic rings. The lowest BCUT2D eigenvalue weighted by Crippen LogP contribution is -2.44. The van der Waals surface area contributed by atoms with E-state index < -0.39 is 5.54 Å². The van der Waals surface area contributed by atoms with Gasteiger partial charge in [0.25, 0.3) is 0 Å². The maximum Gasteiger partial charge on any atom is 0.247 e. The van der Waals surface area contributed by atoms with Gasteiger partial charge in [0.05, 0.1) is 34.7 Å². The Bertz CT molecular complexity index is 647. The summed E-state index contributed by atoms with van der Waals surface area (Å²) in [5, 5.41) is 12.1. The van der Waals surface area contributed by atoms with Crippen LogP contribution in [0.25, 0.3) is 0 Å². The van der Waals surface area contributed by atoms with E-state index in [4.69, 9.17) is 23.2 Å². The van der Waals surface area contributed by atoms with E-state index >= 15 is 0 Å². The molecule has 0 fully saturated rings. The summed E-state index contributed by atoms with van der Waals surface area (Å²) in [6.07, 6.45) is 4.69. The van der Waals surface area contributed by atoms with Gasteiger partial charge in [-0.15, -0.1) is 0 Å². The lowest BCUT2D eigenvalue weighted by atomic mass is 10.1. The molecule has 1 N–H and O–H groups in total. The maximum atomic E-state index is 12.4. The van der Waals surface area contributed by atoms with Gasteiger partial charge in [0, 0.05) is 12.7 Å². The molecule has 0 aliphatic carbocycles. The Morgan fingerprint density at radius 2 is 2.05 bits per heavy atom. The molecule has 0 spiro atoms. The Labute approximate surface area is 133 Å². The van der Waals surface area contributed by atoms with E-state index in [1.807, 2.05) is 6.92 Å². The summed E-state index contributed by atoms with van der Waals surface area (Å²) < 4.78 is 3.28. The normalized spacial score (nSPS) is 11.7. The highest BCUT2D eigenvalue weighted by Crippen LogP contribution is 2.19. The minimum atomic E-state index is -0.851. The monoisotopic (exact) mass is 329 g/mol. The number of aromatic nitrogens is 4. The summed E-state index contributed by atoms with van der Waals surface area (Å²) in [4.78, 5) is 12.4. The largest absolute Gasteiger partial charge is 0.348 e. The van der Waals surface area contributed by atoms with Crippen LogP contribution in [-0.4, -0.2) is 25.5 Å². The predicted molar refractivity (Wildman–Crippen MR) is 81.3 cm³/mol. The van der Waals surface area contributed by atoms with E-state index in [1.54, 1.807) is 30.9 Å². The summed E-state index contributed by atoms with van der Waals surface area (Å²) in [5.74, 6) is -0.179. The van der Waals surface area contributed by atoms with Gasteiger partial charge in [-0.1, -0.05) is 23.2 Å². The minimum absolute atomic E-state index is 0.179. The van der Waals surface area contributed by atoms with Crippen LogP contribution in [0, 0.1) is 0 Å². The van der Waals surface area contributed by atoms with Crippen molar-refractivity contribution >= 4 is 29.1 Å². The molecule has 0 saturated carbocycles. The Morgan fingerprint density at radius 1 is 1.33 bits per heavy atom. The number of halogens is 2. The van der Waals surface area contributed by atoms with Crippen molar-refractivity contribution in [2.75, 3.05) is 0 Å². The summed E-state index contributed by atoms with van der Waals surface area (Å²) in [5.41, 5.74) is -0.0711. The molecular weight excluding hydrogens is 313 g/mol. The molecular formula is C13H17Cl2N5O. The first kappa shape index (κ1) is 15.9. The zero-order chi connectivity index (χ0) is 15.6. The first-order valence-electron chi connectivity index (χ1n) is 6.55. The van der Waals surface area contributed by atoms with E-state index in [0.29, 0.717) is 23.1 Å². The van der Waals surface area contributed by atoms with Crippen LogP contribution in [0.3, 0.4) is 0 Å². The third kappa shape index (κ3) is 3.22. The van der Waals surface area contributed by atoms with Crippen molar-refractivity contribution in [1.29, 1.82) is 0 Å². The fourth-order valence-electron chi connectivity index (χ4n) is 1.93. The molecule has 2 aromatic heterocycles. The minimum Gasteiger partial charge on any atom is -0.348 e. The van der Waals surface area contributed by atoms with Gasteiger partial charge in [-0.3, -0.25) is 14.2 Å². The summed E-state index contributed by atoms with van der Waals surface area (Å²) in [6.45, 7) is 6.50. The number of amides is 1. The molecule has 0 unspecified atom stereocenters. The third-order valence-electron chi connectivity index (χ3n) is 3.29. The van der Waals surface area contributed by atoms with Crippen molar-refractivity contribution in [3.63, 3.8) is 0 Å². The first-order chi connectivity index (χ1) is 9.86. The molecule has 0 saturated heterocycles. The highest BCUT2D eigenvalue weighted by molar-refractivity contribution is 6.31. The summed E-state index contributed by atoms with van der Waals surface area (Å²) in [7, 11) is 0. The average molecular weight is 330 g/mol. The van der Waals surface area contributed by atoms with Crippen LogP contribution in [0.15, 0.2) is 18.6 Å². The Hall–Kier alpha value is -1.53. The van der Waals surface area contributed by atoms with Crippen LogP contribution in [-0.2, 0) is 23.4 Å². The second-order valence-corrected chi connectivity index (χ2v) is 5.94. The number of rotatable bonds is 5. The number of nitrogens with zero attached hydrogens (tertiary/aromatic N) is 4. The molecule has 21 heavy (non-hydrogen) atoms. The molecule has 6 nitrogen and oxygen atoms in total. The van der Waals surface area contributed by atoms with E-state index in [0.717, 1.165) is 5.69 Å². The van der Waals surface area contributed by atoms with Crippen molar-refractivity contribution in [3.05, 3.63) is 34.3 Å². The number of hydrogen-bond acceptors (Lipinski definition) is 3. The fourth-order valence-corrected chi connectivity index (χ4v) is 2.27. The van der Waals surface area contributed by atoms with Crippen LogP contribution < -0.4 is 5.32 Å². The van der Waals surface area contributed by atoms with Crippen molar-refractivity contribution in [1.82, 2.24) is 24.9 Å². The molecule has 1 amide bonds. The van der Waals surface area contributed by atoms with Crippen LogP contribution in [0.2, 0.25) is 10.0 Å². The quantitative estimate of drug-likeness (QED) is 0.916. The molecule has 0 aliphatic heterocycles. The molecule has 2 heterocycles. The third-order valence-corrected chi connectivity index (χ3v) is 3.80. The van der Waals surface area contributed by atoms with Gasteiger partial charge in [0.2, 0.25) is 5.91 Å². The van der Waals surface area contributed by atoms with Crippen molar-refractivity contribution in [2.45, 2.75) is 39.4 Å². The standard InChI is InChI=1S/C13H17Cl2N5O/c1-4-19-11(10(15)6-17-19)7-16-12(21)13(2,3)20-8-9(14)5-18-20/h5-6,8H,4,7H2,1-3H3,(H,16,21). The first-order valence-corrected chi connectivity index (χ1v) is 7.31. The van der Waals surface area contributed by atoms with Crippen LogP contribution in [0.1, 0.15) is 26.5 Å². The molecule has 0 radical (unpaired) electrons. The van der Waals surface area contributed by atoms with Crippen molar-refractivity contribution in [3.8, 4) is 0 Å². The van der Waals surface area contributed by atoms with Crippen LogP contribution in [0.4, 0.5) is 0 Å². The molecule has 0 atom stereocenters. The Morgan fingerprint density at radius 3 is 2.62 bits per heavy atom. The van der Waals surface area contributed by atoms with E-state index in [9.17, 15) is 4.79 Å². The number of hydrogen-bond donors (Lipinski definition) is 1. The lowest BCUT2D eigenvalue weighted by Gasteiger charge is -2.24. The smallest absolute Gasteiger partial charge is 0.247 e. The van der Waals surface area contributed by atoms with Gasteiger partial charge in [0.1, 0.15) is 5.54 Å². The topological polar surface area (TPSA) is 64.7 Å². The zero-order valence-corrected chi connectivity index (χ0v) is 13.6. The zero-order valence-electron chi connectivity index (χ0n) is 12.1. The number of carbonyl (C=O) groups is 1. The van der Waals surface area contributed by atoms with Crippen molar-refractivity contribution in [2.24, 2.45) is 0 Å². The van der Waals surface area contributed by atoms with Gasteiger partial charge in [-0.25, -0.2) is 0 Å². The van der Waals surface area contributed by atoms with Gasteiger partial charge >= 0.3 is 0 Å². The van der Waals surface area contributed by atoms with Gasteiger partial charge in [0.15, 0.2) is 0 Å². The highest BCUT2D eigenvalue weighted by Gasteiger charge is 2.30. The van der Waals surface area contributed by atoms with Gasteiger partial charge in [-0.05, 0) is 20.8 Å². The SMILES string of the molecule is CCn1ncc(Cl)c1CNC(=O)C(C)(C)n1cc(Cl)cn1. The molecule has 0 bridgehead atoms. The number of aryl methyl sites for hydroxylation is 1. The molecule has 114 valence electrons. The summed E-state index contributed by atoms with van der Waals surface area (Å²) >= 11 is 11.9. The van der Waals surface area contributed by atoms with Gasteiger partial charge < -0.3 is 5.32 Å². The second kappa shape index (κ2) is 6.07. The fraction of sp³-hybridized carbons (Fsp3) is 0.462. The van der Waals surface area contributed by atoms with Crippen LogP contribution >= 0.6 is 23.2 Å². The van der Waals surface area contributed by atoms with Crippen LogP contribution in [0.5, 0.6) is 0 Å². The molecule has 0 aromatic carbocycles. The number of nitrogens with one attached hydrogen (secondary N) is 1.